The molecule has 2 aromatic rings. The van der Waals surface area contributed by atoms with Crippen molar-refractivity contribution in [2.45, 2.75) is 25.3 Å². The van der Waals surface area contributed by atoms with Crippen LogP contribution in [0.25, 0.3) is 0 Å². The summed E-state index contributed by atoms with van der Waals surface area (Å²) in [5.74, 6) is 1.54. The summed E-state index contributed by atoms with van der Waals surface area (Å²) in [6.07, 6.45) is 3.43. The lowest BCUT2D eigenvalue weighted by atomic mass is 10.1. The minimum atomic E-state index is -0.323. The fourth-order valence-electron chi connectivity index (χ4n) is 4.26. The molecule has 156 valence electrons. The Kier molecular flexibility index (Phi) is 6.20. The maximum Gasteiger partial charge on any atom is 0.260 e. The predicted octanol–water partition coefficient (Wildman–Crippen LogP) is 2.97. The van der Waals surface area contributed by atoms with Gasteiger partial charge in [0.15, 0.2) is 6.61 Å². The largest absolute Gasteiger partial charge is 0.497 e. The highest BCUT2D eigenvalue weighted by atomic mass is 16.5. The summed E-state index contributed by atoms with van der Waals surface area (Å²) in [4.78, 5) is 16.5. The average Bonchev–Trinajstić information content (AvgIpc) is 3.27. The summed E-state index contributed by atoms with van der Waals surface area (Å²) in [5.41, 5.74) is 3.68. The highest BCUT2D eigenvalue weighted by Gasteiger charge is 2.27. The van der Waals surface area contributed by atoms with Crippen LogP contribution in [-0.2, 0) is 17.6 Å². The smallest absolute Gasteiger partial charge is 0.260 e. The number of hydrogen-bond donors (Lipinski definition) is 0. The third kappa shape index (κ3) is 4.42. The molecule has 0 bridgehead atoms. The molecule has 0 radical (unpaired) electrons. The first kappa shape index (κ1) is 20.2. The highest BCUT2D eigenvalue weighted by molar-refractivity contribution is 5.78. The Labute approximate surface area is 177 Å². The van der Waals surface area contributed by atoms with E-state index < -0.39 is 0 Å². The van der Waals surface area contributed by atoms with E-state index in [1.807, 2.05) is 35.2 Å². The third-order valence-electron chi connectivity index (χ3n) is 6.02. The molecule has 1 heterocycles. The molecule has 0 N–H and O–H groups in total. The van der Waals surface area contributed by atoms with Crippen molar-refractivity contribution in [3.63, 3.8) is 0 Å². The second-order valence-corrected chi connectivity index (χ2v) is 7.79. The monoisotopic (exact) mass is 405 g/mol. The van der Waals surface area contributed by atoms with E-state index in [1.54, 1.807) is 7.11 Å². The molecule has 6 nitrogen and oxygen atoms in total. The lowest BCUT2D eigenvalue weighted by molar-refractivity contribution is -0.135. The lowest BCUT2D eigenvalue weighted by Crippen LogP contribution is -2.50. The van der Waals surface area contributed by atoms with Crippen LogP contribution in [0.15, 0.2) is 42.5 Å². The highest BCUT2D eigenvalue weighted by Crippen LogP contribution is 2.26. The summed E-state index contributed by atoms with van der Waals surface area (Å²) >= 11 is 0. The van der Waals surface area contributed by atoms with Crippen molar-refractivity contribution in [2.24, 2.45) is 0 Å². The zero-order chi connectivity index (χ0) is 20.9. The van der Waals surface area contributed by atoms with Crippen LogP contribution in [0, 0.1) is 11.3 Å². The van der Waals surface area contributed by atoms with Crippen molar-refractivity contribution in [1.29, 1.82) is 5.26 Å². The van der Waals surface area contributed by atoms with Gasteiger partial charge < -0.3 is 14.4 Å². The number of hydrogen-bond acceptors (Lipinski definition) is 5. The molecular weight excluding hydrogens is 378 g/mol. The Balaban J connectivity index is 1.29. The predicted molar refractivity (Wildman–Crippen MR) is 113 cm³/mol. The molecule has 1 saturated heterocycles. The summed E-state index contributed by atoms with van der Waals surface area (Å²) < 4.78 is 11.0. The van der Waals surface area contributed by atoms with E-state index in [0.717, 1.165) is 29.9 Å². The first-order chi connectivity index (χ1) is 14.7. The van der Waals surface area contributed by atoms with Gasteiger partial charge in [0, 0.05) is 26.2 Å². The molecule has 0 saturated carbocycles. The van der Waals surface area contributed by atoms with Gasteiger partial charge >= 0.3 is 0 Å². The molecule has 1 amide bonds. The Morgan fingerprint density at radius 1 is 1.03 bits per heavy atom. The number of fused-ring (bicyclic) bond motifs is 1. The topological polar surface area (TPSA) is 65.8 Å². The molecule has 1 atom stereocenters. The molecule has 1 fully saturated rings. The van der Waals surface area contributed by atoms with Crippen molar-refractivity contribution < 1.29 is 14.3 Å². The van der Waals surface area contributed by atoms with Crippen LogP contribution < -0.4 is 9.47 Å². The Bertz CT molecular complexity index is 928. The summed E-state index contributed by atoms with van der Waals surface area (Å²) in [7, 11) is 1.63. The Morgan fingerprint density at radius 3 is 2.43 bits per heavy atom. The van der Waals surface area contributed by atoms with Crippen LogP contribution in [0.3, 0.4) is 0 Å². The molecule has 2 aromatic carbocycles. The van der Waals surface area contributed by atoms with Gasteiger partial charge in [-0.1, -0.05) is 18.2 Å². The van der Waals surface area contributed by atoms with E-state index in [0.29, 0.717) is 26.2 Å². The molecular formula is C24H27N3O3. The molecule has 4 rings (SSSR count). The van der Waals surface area contributed by atoms with E-state index in [-0.39, 0.29) is 18.6 Å². The number of methoxy groups -OCH3 is 1. The number of nitrogens with zero attached hydrogens (tertiary/aromatic N) is 3. The average molecular weight is 405 g/mol. The van der Waals surface area contributed by atoms with Crippen molar-refractivity contribution in [3.8, 4) is 17.6 Å². The molecule has 1 aliphatic carbocycles. The Hall–Kier alpha value is -3.04. The van der Waals surface area contributed by atoms with Crippen LogP contribution in [0.5, 0.6) is 11.5 Å². The number of rotatable bonds is 6. The Morgan fingerprint density at radius 2 is 1.73 bits per heavy atom. The summed E-state index contributed by atoms with van der Waals surface area (Å²) in [6.45, 7) is 2.57. The first-order valence-corrected chi connectivity index (χ1v) is 10.5. The summed E-state index contributed by atoms with van der Waals surface area (Å²) in [5, 5.41) is 9.69. The molecule has 0 aromatic heterocycles. The maximum atomic E-state index is 12.6. The molecule has 1 unspecified atom stereocenters. The van der Waals surface area contributed by atoms with Crippen molar-refractivity contribution in [3.05, 3.63) is 59.2 Å². The molecule has 0 spiro atoms. The van der Waals surface area contributed by atoms with Crippen molar-refractivity contribution in [1.82, 2.24) is 9.80 Å². The minimum absolute atomic E-state index is 0.00639. The van der Waals surface area contributed by atoms with Crippen molar-refractivity contribution in [2.75, 3.05) is 39.9 Å². The molecule has 1 aliphatic heterocycles. The fraction of sp³-hybridized carbons (Fsp3) is 0.417. The lowest BCUT2D eigenvalue weighted by Gasteiger charge is -2.37. The minimum Gasteiger partial charge on any atom is -0.497 e. The van der Waals surface area contributed by atoms with E-state index >= 15 is 0 Å². The normalized spacial score (nSPS) is 17.1. The fourth-order valence-corrected chi connectivity index (χ4v) is 4.26. The zero-order valence-electron chi connectivity index (χ0n) is 17.3. The van der Waals surface area contributed by atoms with Crippen molar-refractivity contribution >= 4 is 5.91 Å². The second-order valence-electron chi connectivity index (χ2n) is 7.79. The number of carbonyl (C=O) groups is 1. The standard InChI is InChI=1S/C24H27N3O3/c1-29-21-8-6-19(7-9-21)23(16-25)26-11-13-27(14-12-26)24(28)17-30-22-10-5-18-3-2-4-20(18)15-22/h5-10,15,23H,2-4,11-14,17H2,1H3. The zero-order valence-corrected chi connectivity index (χ0v) is 17.3. The van der Waals surface area contributed by atoms with Gasteiger partial charge in [-0.15, -0.1) is 0 Å². The van der Waals surface area contributed by atoms with Crippen LogP contribution >= 0.6 is 0 Å². The van der Waals surface area contributed by atoms with Gasteiger partial charge in [-0.3, -0.25) is 9.69 Å². The summed E-state index contributed by atoms with van der Waals surface area (Å²) in [6, 6.07) is 15.8. The van der Waals surface area contributed by atoms with E-state index in [2.05, 4.69) is 23.1 Å². The van der Waals surface area contributed by atoms with Crippen LogP contribution in [0.1, 0.15) is 29.2 Å². The maximum absolute atomic E-state index is 12.6. The molecule has 30 heavy (non-hydrogen) atoms. The first-order valence-electron chi connectivity index (χ1n) is 10.5. The van der Waals surface area contributed by atoms with Gasteiger partial charge in [0.2, 0.25) is 0 Å². The van der Waals surface area contributed by atoms with E-state index in [1.165, 1.54) is 17.5 Å². The van der Waals surface area contributed by atoms with Gasteiger partial charge in [-0.25, -0.2) is 0 Å². The quantitative estimate of drug-likeness (QED) is 0.739. The molecule has 6 heteroatoms. The van der Waals surface area contributed by atoms with Gasteiger partial charge in [0.1, 0.15) is 17.5 Å². The van der Waals surface area contributed by atoms with Gasteiger partial charge in [0.05, 0.1) is 13.2 Å². The van der Waals surface area contributed by atoms with E-state index in [4.69, 9.17) is 9.47 Å². The van der Waals surface area contributed by atoms with Gasteiger partial charge in [0.25, 0.3) is 5.91 Å². The number of amides is 1. The second kappa shape index (κ2) is 9.19. The van der Waals surface area contributed by atoms with Crippen LogP contribution in [0.2, 0.25) is 0 Å². The van der Waals surface area contributed by atoms with Crippen LogP contribution in [-0.4, -0.2) is 55.6 Å². The third-order valence-corrected chi connectivity index (χ3v) is 6.02. The number of nitriles is 1. The van der Waals surface area contributed by atoms with Gasteiger partial charge in [-0.2, -0.15) is 5.26 Å². The molecule has 2 aliphatic rings. The number of piperazine rings is 1. The van der Waals surface area contributed by atoms with Crippen LogP contribution in [0.4, 0.5) is 0 Å². The van der Waals surface area contributed by atoms with E-state index in [9.17, 15) is 10.1 Å². The number of benzene rings is 2. The number of aryl methyl sites for hydroxylation is 2. The number of ether oxygens (including phenoxy) is 2. The SMILES string of the molecule is COc1ccc(C(C#N)N2CCN(C(=O)COc3ccc4c(c3)CCC4)CC2)cc1. The number of carbonyl (C=O) groups excluding carboxylic acids is 1. The van der Waals surface area contributed by atoms with Gasteiger partial charge in [-0.05, 0) is 60.2 Å².